The van der Waals surface area contributed by atoms with Gasteiger partial charge in [-0.05, 0) is 30.7 Å². The fourth-order valence-corrected chi connectivity index (χ4v) is 3.52. The molecule has 2 heterocycles. The summed E-state index contributed by atoms with van der Waals surface area (Å²) < 4.78 is 0. The number of carbonyl (C=O) groups excluding carboxylic acids is 1. The number of benzene rings is 1. The van der Waals surface area contributed by atoms with E-state index >= 15 is 0 Å². The topological polar surface area (TPSA) is 48.5 Å². The van der Waals surface area contributed by atoms with Crippen LogP contribution < -0.4 is 5.32 Å². The maximum atomic E-state index is 12.4. The van der Waals surface area contributed by atoms with Crippen molar-refractivity contribution in [1.29, 1.82) is 0 Å². The maximum Gasteiger partial charge on any atom is 0.234 e. The second-order valence-electron chi connectivity index (χ2n) is 6.68. The summed E-state index contributed by atoms with van der Waals surface area (Å²) in [7, 11) is 0. The first-order valence-corrected chi connectivity index (χ1v) is 9.38. The smallest absolute Gasteiger partial charge is 0.234 e. The largest absolute Gasteiger partial charge is 0.348 e. The minimum Gasteiger partial charge on any atom is -0.348 e. The van der Waals surface area contributed by atoms with Gasteiger partial charge in [0, 0.05) is 43.9 Å². The molecule has 2 aromatic rings. The lowest BCUT2D eigenvalue weighted by Crippen LogP contribution is -2.49. The summed E-state index contributed by atoms with van der Waals surface area (Å²) in [6, 6.07) is 13.5. The Kier molecular flexibility index (Phi) is 6.61. The number of nitrogens with one attached hydrogen (secondary N) is 1. The Morgan fingerprint density at radius 2 is 1.81 bits per heavy atom. The van der Waals surface area contributed by atoms with E-state index in [4.69, 9.17) is 11.6 Å². The van der Waals surface area contributed by atoms with Crippen LogP contribution in [-0.2, 0) is 11.3 Å². The van der Waals surface area contributed by atoms with Crippen molar-refractivity contribution >= 4 is 17.5 Å². The lowest BCUT2D eigenvalue weighted by atomic mass is 10.1. The molecule has 26 heavy (non-hydrogen) atoms. The Morgan fingerprint density at radius 3 is 2.50 bits per heavy atom. The van der Waals surface area contributed by atoms with Crippen LogP contribution in [0.2, 0.25) is 5.02 Å². The number of aromatic nitrogens is 1. The van der Waals surface area contributed by atoms with E-state index in [-0.39, 0.29) is 11.9 Å². The van der Waals surface area contributed by atoms with E-state index in [1.54, 1.807) is 0 Å². The maximum absolute atomic E-state index is 12.4. The van der Waals surface area contributed by atoms with Crippen molar-refractivity contribution < 1.29 is 4.79 Å². The van der Waals surface area contributed by atoms with Gasteiger partial charge >= 0.3 is 0 Å². The summed E-state index contributed by atoms with van der Waals surface area (Å²) in [4.78, 5) is 21.3. The Morgan fingerprint density at radius 1 is 1.12 bits per heavy atom. The summed E-state index contributed by atoms with van der Waals surface area (Å²) in [6.07, 6.45) is 1.83. The van der Waals surface area contributed by atoms with Crippen molar-refractivity contribution in [2.75, 3.05) is 32.7 Å². The Labute approximate surface area is 160 Å². The molecule has 1 aromatic carbocycles. The van der Waals surface area contributed by atoms with Crippen molar-refractivity contribution in [1.82, 2.24) is 20.1 Å². The first kappa shape index (κ1) is 18.8. The number of hydrogen-bond acceptors (Lipinski definition) is 4. The fraction of sp³-hybridized carbons (Fsp3) is 0.400. The van der Waals surface area contributed by atoms with Crippen molar-refractivity contribution in [2.24, 2.45) is 0 Å². The zero-order valence-electron chi connectivity index (χ0n) is 15.1. The van der Waals surface area contributed by atoms with E-state index in [0.29, 0.717) is 11.6 Å². The van der Waals surface area contributed by atoms with Crippen molar-refractivity contribution in [3.05, 3.63) is 64.9 Å². The molecular formula is C20H25ClN4O. The standard InChI is InChI=1S/C20H25ClN4O/c1-16(18-7-2-3-8-19(18)21)23-20(26)15-25-12-10-24(11-13-25)14-17-6-4-5-9-22-17/h2-9,16H,10-15H2,1H3,(H,23,26). The second kappa shape index (κ2) is 9.12. The highest BCUT2D eigenvalue weighted by Crippen LogP contribution is 2.22. The van der Waals surface area contributed by atoms with Crippen molar-refractivity contribution in [3.8, 4) is 0 Å². The summed E-state index contributed by atoms with van der Waals surface area (Å²) in [6.45, 7) is 6.93. The highest BCUT2D eigenvalue weighted by molar-refractivity contribution is 6.31. The summed E-state index contributed by atoms with van der Waals surface area (Å²) in [5.74, 6) is 0.0376. The Balaban J connectivity index is 1.43. The highest BCUT2D eigenvalue weighted by Gasteiger charge is 2.20. The predicted octanol–water partition coefficient (Wildman–Crippen LogP) is 2.73. The van der Waals surface area contributed by atoms with Gasteiger partial charge in [0.05, 0.1) is 18.3 Å². The van der Waals surface area contributed by atoms with E-state index in [2.05, 4.69) is 26.2 Å². The molecule has 1 fully saturated rings. The van der Waals surface area contributed by atoms with Crippen LogP contribution >= 0.6 is 11.6 Å². The second-order valence-corrected chi connectivity index (χ2v) is 7.09. The van der Waals surface area contributed by atoms with Crippen LogP contribution in [0.25, 0.3) is 0 Å². The van der Waals surface area contributed by atoms with Crippen LogP contribution in [0.1, 0.15) is 24.2 Å². The van der Waals surface area contributed by atoms with Gasteiger partial charge in [-0.3, -0.25) is 19.6 Å². The molecule has 1 aliphatic rings. The average Bonchev–Trinajstić information content (AvgIpc) is 2.64. The molecule has 0 radical (unpaired) electrons. The number of piperazine rings is 1. The minimum absolute atomic E-state index is 0.0376. The van der Waals surface area contributed by atoms with Gasteiger partial charge in [0.25, 0.3) is 0 Å². The minimum atomic E-state index is -0.0957. The summed E-state index contributed by atoms with van der Waals surface area (Å²) in [5, 5.41) is 3.73. The number of carbonyl (C=O) groups is 1. The third-order valence-electron chi connectivity index (χ3n) is 4.69. The van der Waals surface area contributed by atoms with E-state index in [1.807, 2.05) is 49.5 Å². The first-order chi connectivity index (χ1) is 12.6. The van der Waals surface area contributed by atoms with Gasteiger partial charge in [0.15, 0.2) is 0 Å². The van der Waals surface area contributed by atoms with Crippen molar-refractivity contribution in [2.45, 2.75) is 19.5 Å². The Bertz CT molecular complexity index is 717. The van der Waals surface area contributed by atoms with Crippen molar-refractivity contribution in [3.63, 3.8) is 0 Å². The van der Waals surface area contributed by atoms with Gasteiger partial charge in [-0.15, -0.1) is 0 Å². The molecule has 1 saturated heterocycles. The molecule has 1 atom stereocenters. The van der Waals surface area contributed by atoms with Gasteiger partial charge < -0.3 is 5.32 Å². The van der Waals surface area contributed by atoms with E-state index in [1.165, 1.54) is 0 Å². The zero-order valence-corrected chi connectivity index (χ0v) is 15.8. The lowest BCUT2D eigenvalue weighted by Gasteiger charge is -2.34. The van der Waals surface area contributed by atoms with Gasteiger partial charge in [-0.25, -0.2) is 0 Å². The summed E-state index contributed by atoms with van der Waals surface area (Å²) in [5.41, 5.74) is 2.04. The quantitative estimate of drug-likeness (QED) is 0.847. The Hall–Kier alpha value is -1.95. The van der Waals surface area contributed by atoms with E-state index < -0.39 is 0 Å². The fourth-order valence-electron chi connectivity index (χ4n) is 3.22. The predicted molar refractivity (Wildman–Crippen MR) is 104 cm³/mol. The molecule has 0 aliphatic carbocycles. The molecule has 1 aromatic heterocycles. The number of amides is 1. The first-order valence-electron chi connectivity index (χ1n) is 9.00. The van der Waals surface area contributed by atoms with Crippen LogP contribution in [0.3, 0.4) is 0 Å². The molecule has 5 nitrogen and oxygen atoms in total. The number of nitrogens with zero attached hydrogens (tertiary/aromatic N) is 3. The lowest BCUT2D eigenvalue weighted by molar-refractivity contribution is -0.123. The van der Waals surface area contributed by atoms with Crippen LogP contribution in [0.15, 0.2) is 48.7 Å². The third-order valence-corrected chi connectivity index (χ3v) is 5.04. The van der Waals surface area contributed by atoms with Crippen LogP contribution in [-0.4, -0.2) is 53.4 Å². The normalized spacial score (nSPS) is 17.0. The molecular weight excluding hydrogens is 348 g/mol. The average molecular weight is 373 g/mol. The molecule has 0 spiro atoms. The molecule has 138 valence electrons. The van der Waals surface area contributed by atoms with E-state index in [0.717, 1.165) is 44.0 Å². The molecule has 1 N–H and O–H groups in total. The molecule has 6 heteroatoms. The molecule has 0 bridgehead atoms. The number of hydrogen-bond donors (Lipinski definition) is 1. The van der Waals surface area contributed by atoms with Gasteiger partial charge in [-0.1, -0.05) is 35.9 Å². The SMILES string of the molecule is CC(NC(=O)CN1CCN(Cc2ccccn2)CC1)c1ccccc1Cl. The molecule has 0 saturated carbocycles. The van der Waals surface area contributed by atoms with Gasteiger partial charge in [0.1, 0.15) is 0 Å². The van der Waals surface area contributed by atoms with Gasteiger partial charge in [0.2, 0.25) is 5.91 Å². The van der Waals surface area contributed by atoms with E-state index in [9.17, 15) is 4.79 Å². The zero-order chi connectivity index (χ0) is 18.4. The molecule has 1 unspecified atom stereocenters. The molecule has 1 amide bonds. The third kappa shape index (κ3) is 5.27. The van der Waals surface area contributed by atoms with Gasteiger partial charge in [-0.2, -0.15) is 0 Å². The number of pyridine rings is 1. The monoisotopic (exact) mass is 372 g/mol. The number of halogens is 1. The number of rotatable bonds is 6. The van der Waals surface area contributed by atoms with Crippen LogP contribution in [0.5, 0.6) is 0 Å². The van der Waals surface area contributed by atoms with Crippen LogP contribution in [0.4, 0.5) is 0 Å². The summed E-state index contributed by atoms with van der Waals surface area (Å²) >= 11 is 6.20. The molecule has 1 aliphatic heterocycles. The molecule has 3 rings (SSSR count). The van der Waals surface area contributed by atoms with Crippen LogP contribution in [0, 0.1) is 0 Å². The highest BCUT2D eigenvalue weighted by atomic mass is 35.5.